The van der Waals surface area contributed by atoms with Gasteiger partial charge in [-0.3, -0.25) is 4.79 Å². The quantitative estimate of drug-likeness (QED) is 0.323. The second kappa shape index (κ2) is 8.59. The molecule has 0 atom stereocenters. The molecule has 4 nitrogen and oxygen atoms in total. The van der Waals surface area contributed by atoms with Crippen molar-refractivity contribution in [1.82, 2.24) is 0 Å². The average Bonchev–Trinajstić information content (AvgIpc) is 2.63. The van der Waals surface area contributed by atoms with Crippen LogP contribution in [0.2, 0.25) is 5.02 Å². The third kappa shape index (κ3) is 5.11. The Hall–Kier alpha value is -2.31. The normalized spacial score (nSPS) is 10.9. The second-order valence-electron chi connectivity index (χ2n) is 5.90. The molecule has 0 aliphatic rings. The van der Waals surface area contributed by atoms with Crippen molar-refractivity contribution in [3.8, 4) is 0 Å². The molecule has 0 amide bonds. The largest absolute Gasteiger partial charge is 0.461 e. The van der Waals surface area contributed by atoms with Gasteiger partial charge >= 0.3 is 11.6 Å². The summed E-state index contributed by atoms with van der Waals surface area (Å²) in [6, 6.07) is 10.7. The molecule has 0 bridgehead atoms. The van der Waals surface area contributed by atoms with Gasteiger partial charge in [-0.15, -0.1) is 11.8 Å². The molecule has 0 N–H and O–H groups in total. The SMILES string of the molecule is Cc1cc2oc(=O)cc(COC(=O)CCSc3ccc(F)cc3)c2cc1Cl. The Bertz CT molecular complexity index is 1030. The van der Waals surface area contributed by atoms with E-state index in [-0.39, 0.29) is 24.8 Å². The zero-order valence-electron chi connectivity index (χ0n) is 14.5. The highest BCUT2D eigenvalue weighted by Gasteiger charge is 2.11. The van der Waals surface area contributed by atoms with Crippen molar-refractivity contribution in [1.29, 1.82) is 0 Å². The summed E-state index contributed by atoms with van der Waals surface area (Å²) in [5.74, 6) is -0.175. The molecule has 3 aromatic rings. The van der Waals surface area contributed by atoms with Crippen molar-refractivity contribution >= 4 is 40.3 Å². The maximum atomic E-state index is 12.9. The molecule has 1 heterocycles. The predicted molar refractivity (Wildman–Crippen MR) is 104 cm³/mol. The standard InChI is InChI=1S/C20H16ClFO4S/c1-12-8-18-16(10-17(12)21)13(9-20(24)26-18)11-25-19(23)6-7-27-15-4-2-14(22)3-5-15/h2-5,8-10H,6-7,11H2,1H3. The van der Waals surface area contributed by atoms with Crippen molar-refractivity contribution in [2.24, 2.45) is 0 Å². The molecule has 0 aliphatic heterocycles. The summed E-state index contributed by atoms with van der Waals surface area (Å²) >= 11 is 7.58. The lowest BCUT2D eigenvalue weighted by atomic mass is 10.1. The zero-order chi connectivity index (χ0) is 19.4. The first-order valence-electron chi connectivity index (χ1n) is 8.19. The molecular weight excluding hydrogens is 391 g/mol. The van der Waals surface area contributed by atoms with Crippen LogP contribution in [-0.2, 0) is 16.1 Å². The summed E-state index contributed by atoms with van der Waals surface area (Å²) in [5.41, 5.74) is 1.23. The highest BCUT2D eigenvalue weighted by Crippen LogP contribution is 2.26. The highest BCUT2D eigenvalue weighted by atomic mass is 35.5. The van der Waals surface area contributed by atoms with Crippen LogP contribution in [0.5, 0.6) is 0 Å². The number of fused-ring (bicyclic) bond motifs is 1. The lowest BCUT2D eigenvalue weighted by Gasteiger charge is -2.08. The van der Waals surface area contributed by atoms with Gasteiger partial charge in [0.2, 0.25) is 0 Å². The van der Waals surface area contributed by atoms with Gasteiger partial charge in [-0.05, 0) is 48.9 Å². The number of hydrogen-bond acceptors (Lipinski definition) is 5. The van der Waals surface area contributed by atoms with Crippen LogP contribution in [0.3, 0.4) is 0 Å². The number of carbonyl (C=O) groups is 1. The fourth-order valence-electron chi connectivity index (χ4n) is 2.48. The lowest BCUT2D eigenvalue weighted by molar-refractivity contribution is -0.144. The van der Waals surface area contributed by atoms with Crippen LogP contribution in [0, 0.1) is 12.7 Å². The Morgan fingerprint density at radius 1 is 1.22 bits per heavy atom. The minimum Gasteiger partial charge on any atom is -0.461 e. The van der Waals surface area contributed by atoms with Gasteiger partial charge in [-0.25, -0.2) is 9.18 Å². The van der Waals surface area contributed by atoms with Crippen LogP contribution >= 0.6 is 23.4 Å². The van der Waals surface area contributed by atoms with Gasteiger partial charge in [-0.1, -0.05) is 11.6 Å². The molecule has 0 spiro atoms. The summed E-state index contributed by atoms with van der Waals surface area (Å²) in [4.78, 5) is 24.6. The van der Waals surface area contributed by atoms with Crippen LogP contribution in [0.1, 0.15) is 17.5 Å². The molecule has 27 heavy (non-hydrogen) atoms. The van der Waals surface area contributed by atoms with E-state index in [2.05, 4.69) is 0 Å². The number of aryl methyl sites for hydroxylation is 1. The minimum atomic E-state index is -0.512. The van der Waals surface area contributed by atoms with Crippen LogP contribution < -0.4 is 5.63 Å². The zero-order valence-corrected chi connectivity index (χ0v) is 16.0. The molecule has 3 rings (SSSR count). The van der Waals surface area contributed by atoms with Gasteiger partial charge in [0.05, 0.1) is 6.42 Å². The maximum absolute atomic E-state index is 12.9. The van der Waals surface area contributed by atoms with Crippen LogP contribution in [0.4, 0.5) is 4.39 Å². The Balaban J connectivity index is 1.60. The Labute approximate surface area is 164 Å². The molecule has 1 aromatic heterocycles. The van der Waals surface area contributed by atoms with Gasteiger partial charge in [0.1, 0.15) is 18.0 Å². The van der Waals surface area contributed by atoms with Gasteiger partial charge in [0, 0.05) is 32.7 Å². The Kier molecular flexibility index (Phi) is 6.19. The number of halogens is 2. The number of thioether (sulfide) groups is 1. The van der Waals surface area contributed by atoms with Gasteiger partial charge in [0.25, 0.3) is 0 Å². The van der Waals surface area contributed by atoms with Crippen molar-refractivity contribution in [2.75, 3.05) is 5.75 Å². The van der Waals surface area contributed by atoms with Gasteiger partial charge < -0.3 is 9.15 Å². The van der Waals surface area contributed by atoms with E-state index in [1.54, 1.807) is 24.3 Å². The Morgan fingerprint density at radius 2 is 1.96 bits per heavy atom. The fraction of sp³-hybridized carbons (Fsp3) is 0.200. The van der Waals surface area contributed by atoms with E-state index < -0.39 is 5.63 Å². The predicted octanol–water partition coefficient (Wildman–Crippen LogP) is 5.12. The first kappa shape index (κ1) is 19.5. The maximum Gasteiger partial charge on any atom is 0.336 e. The summed E-state index contributed by atoms with van der Waals surface area (Å²) in [6.45, 7) is 1.77. The van der Waals surface area contributed by atoms with E-state index in [0.717, 1.165) is 10.5 Å². The molecule has 7 heteroatoms. The first-order chi connectivity index (χ1) is 12.9. The monoisotopic (exact) mass is 406 g/mol. The lowest BCUT2D eigenvalue weighted by Crippen LogP contribution is -2.08. The molecule has 0 saturated heterocycles. The smallest absolute Gasteiger partial charge is 0.336 e. The van der Waals surface area contributed by atoms with E-state index in [1.165, 1.54) is 30.0 Å². The minimum absolute atomic E-state index is 0.0401. The number of hydrogen-bond donors (Lipinski definition) is 0. The third-order valence-electron chi connectivity index (χ3n) is 3.89. The molecule has 0 fully saturated rings. The van der Waals surface area contributed by atoms with Crippen molar-refractivity contribution in [3.05, 3.63) is 74.9 Å². The summed E-state index contributed by atoms with van der Waals surface area (Å²) in [6.07, 6.45) is 0.196. The van der Waals surface area contributed by atoms with E-state index in [4.69, 9.17) is 20.8 Å². The van der Waals surface area contributed by atoms with E-state index >= 15 is 0 Å². The molecule has 0 radical (unpaired) electrons. The van der Waals surface area contributed by atoms with E-state index in [9.17, 15) is 14.0 Å². The summed E-state index contributed by atoms with van der Waals surface area (Å²) in [5, 5.41) is 1.18. The number of ether oxygens (including phenoxy) is 1. The number of carbonyl (C=O) groups excluding carboxylic acids is 1. The van der Waals surface area contributed by atoms with Crippen LogP contribution in [-0.4, -0.2) is 11.7 Å². The van der Waals surface area contributed by atoms with Crippen LogP contribution in [0.25, 0.3) is 11.0 Å². The third-order valence-corrected chi connectivity index (χ3v) is 5.31. The van der Waals surface area contributed by atoms with Crippen LogP contribution in [0.15, 0.2) is 56.6 Å². The van der Waals surface area contributed by atoms with E-state index in [1.807, 2.05) is 6.92 Å². The molecule has 0 saturated carbocycles. The average molecular weight is 407 g/mol. The number of esters is 1. The molecule has 0 aliphatic carbocycles. The summed E-state index contributed by atoms with van der Waals surface area (Å²) < 4.78 is 23.3. The van der Waals surface area contributed by atoms with Crippen molar-refractivity contribution in [3.63, 3.8) is 0 Å². The fourth-order valence-corrected chi connectivity index (χ4v) is 3.48. The number of benzene rings is 2. The first-order valence-corrected chi connectivity index (χ1v) is 9.55. The number of rotatable bonds is 6. The topological polar surface area (TPSA) is 56.5 Å². The molecular formula is C20H16ClFO4S. The van der Waals surface area contributed by atoms with Crippen molar-refractivity contribution < 1.29 is 18.3 Å². The summed E-state index contributed by atoms with van der Waals surface area (Å²) in [7, 11) is 0. The molecule has 0 unspecified atom stereocenters. The van der Waals surface area contributed by atoms with Gasteiger partial charge in [0.15, 0.2) is 0 Å². The Morgan fingerprint density at radius 3 is 2.70 bits per heavy atom. The van der Waals surface area contributed by atoms with Crippen molar-refractivity contribution in [2.45, 2.75) is 24.8 Å². The molecule has 2 aromatic carbocycles. The van der Waals surface area contributed by atoms with E-state index in [0.29, 0.717) is 27.3 Å². The molecule has 140 valence electrons. The second-order valence-corrected chi connectivity index (χ2v) is 7.48. The van der Waals surface area contributed by atoms with Gasteiger partial charge in [-0.2, -0.15) is 0 Å². The highest BCUT2D eigenvalue weighted by molar-refractivity contribution is 7.99.